The molecule has 2 aromatic heterocycles. The van der Waals surface area contributed by atoms with Crippen LogP contribution in [-0.2, 0) is 41.9 Å². The molecule has 1 fully saturated rings. The number of sulfonamides is 1. The third kappa shape index (κ3) is 2.95. The van der Waals surface area contributed by atoms with Gasteiger partial charge in [0.1, 0.15) is 4.90 Å². The molecule has 3 heterocycles. The van der Waals surface area contributed by atoms with Gasteiger partial charge in [0, 0.05) is 26.4 Å². The van der Waals surface area contributed by atoms with Gasteiger partial charge in [0.05, 0.1) is 17.9 Å². The highest BCUT2D eigenvalue weighted by Gasteiger charge is 2.47. The van der Waals surface area contributed by atoms with Crippen molar-refractivity contribution >= 4 is 10.0 Å². The van der Waals surface area contributed by atoms with Crippen LogP contribution >= 0.6 is 0 Å². The van der Waals surface area contributed by atoms with Crippen LogP contribution in [0.1, 0.15) is 50.3 Å². The summed E-state index contributed by atoms with van der Waals surface area (Å²) in [7, 11) is -2.03. The van der Waals surface area contributed by atoms with Gasteiger partial charge in [0.25, 0.3) is 5.89 Å². The highest BCUT2D eigenvalue weighted by Crippen LogP contribution is 2.35. The van der Waals surface area contributed by atoms with E-state index in [1.807, 2.05) is 20.8 Å². The molecule has 2 aromatic rings. The lowest BCUT2D eigenvalue weighted by atomic mass is 10.0. The fourth-order valence-corrected chi connectivity index (χ4v) is 5.40. The van der Waals surface area contributed by atoms with Crippen LogP contribution in [0.5, 0.6) is 0 Å². The van der Waals surface area contributed by atoms with Crippen LogP contribution in [0.4, 0.5) is 0 Å². The second kappa shape index (κ2) is 6.75. The molecule has 0 bridgehead atoms. The molecule has 0 aliphatic carbocycles. The molecule has 144 valence electrons. The van der Waals surface area contributed by atoms with Crippen molar-refractivity contribution in [2.75, 3.05) is 13.1 Å². The smallest absolute Gasteiger partial charge is 0.260 e. The van der Waals surface area contributed by atoms with Gasteiger partial charge in [-0.25, -0.2) is 8.42 Å². The molecule has 9 nitrogen and oxygen atoms in total. The second-order valence-corrected chi connectivity index (χ2v) is 8.42. The predicted octanol–water partition coefficient (Wildman–Crippen LogP) is 0.772. The number of hydrogen-bond acceptors (Lipinski definition) is 7. The Labute approximate surface area is 153 Å². The third-order valence-electron chi connectivity index (χ3n) is 4.85. The molecule has 1 aliphatic rings. The molecule has 0 radical (unpaired) electrons. The lowest BCUT2D eigenvalue weighted by Crippen LogP contribution is -2.35. The molecular formula is C16H25N5O4S. The van der Waals surface area contributed by atoms with Gasteiger partial charge >= 0.3 is 0 Å². The van der Waals surface area contributed by atoms with E-state index in [2.05, 4.69) is 15.2 Å². The zero-order valence-electron chi connectivity index (χ0n) is 15.6. The largest absolute Gasteiger partial charge is 0.379 e. The van der Waals surface area contributed by atoms with Crippen molar-refractivity contribution in [3.63, 3.8) is 0 Å². The standard InChI is InChI=1S/C16H25N5O4S/c1-5-11-14(12(6-2)20(4)18-11)26(23,24)21-9-8-16(22,10-21)15-17-13(7-3)19-25-15/h22H,5-10H2,1-4H3. The summed E-state index contributed by atoms with van der Waals surface area (Å²) in [6, 6.07) is 0. The first-order valence-corrected chi connectivity index (χ1v) is 10.3. The lowest BCUT2D eigenvalue weighted by Gasteiger charge is -2.20. The Hall–Kier alpha value is -1.78. The quantitative estimate of drug-likeness (QED) is 0.783. The van der Waals surface area contributed by atoms with Gasteiger partial charge in [-0.3, -0.25) is 4.68 Å². The highest BCUT2D eigenvalue weighted by atomic mass is 32.2. The van der Waals surface area contributed by atoms with E-state index in [0.29, 0.717) is 36.5 Å². The second-order valence-electron chi connectivity index (χ2n) is 6.54. The minimum atomic E-state index is -3.78. The predicted molar refractivity (Wildman–Crippen MR) is 92.9 cm³/mol. The van der Waals surface area contributed by atoms with E-state index < -0.39 is 15.6 Å². The van der Waals surface area contributed by atoms with Crippen LogP contribution in [-0.4, -0.2) is 50.8 Å². The zero-order chi connectivity index (χ0) is 19.1. The Bertz CT molecular complexity index is 904. The van der Waals surface area contributed by atoms with Crippen LogP contribution in [0.15, 0.2) is 9.42 Å². The van der Waals surface area contributed by atoms with Gasteiger partial charge in [-0.1, -0.05) is 25.9 Å². The normalized spacial score (nSPS) is 21.6. The van der Waals surface area contributed by atoms with Crippen molar-refractivity contribution in [2.45, 2.75) is 57.0 Å². The molecule has 26 heavy (non-hydrogen) atoms. The Kier molecular flexibility index (Phi) is 4.93. The average molecular weight is 383 g/mol. The fourth-order valence-electron chi connectivity index (χ4n) is 3.37. The Balaban J connectivity index is 1.95. The summed E-state index contributed by atoms with van der Waals surface area (Å²) in [5, 5.41) is 19.0. The maximum Gasteiger partial charge on any atom is 0.260 e. The molecule has 0 saturated carbocycles. The summed E-state index contributed by atoms with van der Waals surface area (Å²) in [5.41, 5.74) is -0.247. The van der Waals surface area contributed by atoms with Crippen molar-refractivity contribution in [3.05, 3.63) is 23.1 Å². The summed E-state index contributed by atoms with van der Waals surface area (Å²) in [4.78, 5) is 4.44. The summed E-state index contributed by atoms with van der Waals surface area (Å²) >= 11 is 0. The molecule has 1 atom stereocenters. The zero-order valence-corrected chi connectivity index (χ0v) is 16.4. The number of aromatic nitrogens is 4. The molecule has 0 aromatic carbocycles. The number of hydrogen-bond donors (Lipinski definition) is 1. The highest BCUT2D eigenvalue weighted by molar-refractivity contribution is 7.89. The van der Waals surface area contributed by atoms with Gasteiger partial charge < -0.3 is 9.63 Å². The minimum Gasteiger partial charge on any atom is -0.379 e. The van der Waals surface area contributed by atoms with Crippen molar-refractivity contribution in [3.8, 4) is 0 Å². The molecule has 0 spiro atoms. The van der Waals surface area contributed by atoms with Gasteiger partial charge in [-0.05, 0) is 12.8 Å². The number of β-amino-alcohol motifs (C(OH)–C–C–N with tert-alkyl or cyclic N) is 1. The fraction of sp³-hybridized carbons (Fsp3) is 0.688. The molecule has 10 heteroatoms. The van der Waals surface area contributed by atoms with Crippen molar-refractivity contribution in [1.29, 1.82) is 0 Å². The van der Waals surface area contributed by atoms with Crippen molar-refractivity contribution in [1.82, 2.24) is 24.2 Å². The molecule has 1 aliphatic heterocycles. The first kappa shape index (κ1) is 19.0. The summed E-state index contributed by atoms with van der Waals surface area (Å²) in [6.07, 6.45) is 1.86. The lowest BCUT2D eigenvalue weighted by molar-refractivity contribution is 0.0194. The van der Waals surface area contributed by atoms with Gasteiger partial charge in [0.2, 0.25) is 10.0 Å². The van der Waals surface area contributed by atoms with Crippen LogP contribution in [0.25, 0.3) is 0 Å². The minimum absolute atomic E-state index is 0.0738. The van der Waals surface area contributed by atoms with Crippen molar-refractivity contribution < 1.29 is 18.0 Å². The summed E-state index contributed by atoms with van der Waals surface area (Å²) in [5.74, 6) is 0.563. The van der Waals surface area contributed by atoms with E-state index in [4.69, 9.17) is 4.52 Å². The van der Waals surface area contributed by atoms with E-state index in [-0.39, 0.29) is 30.3 Å². The number of aryl methyl sites for hydroxylation is 3. The van der Waals surface area contributed by atoms with E-state index in [0.717, 1.165) is 0 Å². The molecule has 1 unspecified atom stereocenters. The SMILES string of the molecule is CCc1noc(C2(O)CCN(S(=O)(=O)c3c(CC)nn(C)c3CC)C2)n1. The maximum absolute atomic E-state index is 13.3. The Morgan fingerprint density at radius 1 is 1.23 bits per heavy atom. The number of nitrogens with zero attached hydrogens (tertiary/aromatic N) is 5. The van der Waals surface area contributed by atoms with Crippen molar-refractivity contribution in [2.24, 2.45) is 7.05 Å². The Morgan fingerprint density at radius 3 is 2.54 bits per heavy atom. The van der Waals surface area contributed by atoms with E-state index >= 15 is 0 Å². The molecule has 1 N–H and O–H groups in total. The molecule has 0 amide bonds. The Morgan fingerprint density at radius 2 is 1.96 bits per heavy atom. The maximum atomic E-state index is 13.3. The monoisotopic (exact) mass is 383 g/mol. The van der Waals surface area contributed by atoms with Crippen LogP contribution in [0, 0.1) is 0 Å². The van der Waals surface area contributed by atoms with Gasteiger partial charge in [-0.15, -0.1) is 0 Å². The van der Waals surface area contributed by atoms with Gasteiger partial charge in [0.15, 0.2) is 11.4 Å². The number of aliphatic hydroxyl groups is 1. The first-order chi connectivity index (χ1) is 12.3. The first-order valence-electron chi connectivity index (χ1n) is 8.87. The van der Waals surface area contributed by atoms with E-state index in [9.17, 15) is 13.5 Å². The average Bonchev–Trinajstić information content (AvgIpc) is 3.31. The summed E-state index contributed by atoms with van der Waals surface area (Å²) in [6.45, 7) is 5.74. The van der Waals surface area contributed by atoms with E-state index in [1.54, 1.807) is 11.7 Å². The van der Waals surface area contributed by atoms with Crippen LogP contribution < -0.4 is 0 Å². The molecule has 1 saturated heterocycles. The van der Waals surface area contributed by atoms with Crippen LogP contribution in [0.2, 0.25) is 0 Å². The van der Waals surface area contributed by atoms with Gasteiger partial charge in [-0.2, -0.15) is 14.4 Å². The number of rotatable bonds is 6. The molecular weight excluding hydrogens is 358 g/mol. The topological polar surface area (TPSA) is 114 Å². The van der Waals surface area contributed by atoms with Crippen LogP contribution in [0.3, 0.4) is 0 Å². The molecule has 3 rings (SSSR count). The third-order valence-corrected chi connectivity index (χ3v) is 6.83. The summed E-state index contributed by atoms with van der Waals surface area (Å²) < 4.78 is 34.6. The van der Waals surface area contributed by atoms with E-state index in [1.165, 1.54) is 4.31 Å².